The highest BCUT2D eigenvalue weighted by Crippen LogP contribution is 2.25. The highest BCUT2D eigenvalue weighted by molar-refractivity contribution is 5.47. The highest BCUT2D eigenvalue weighted by atomic mass is 16.5. The number of nitriles is 1. The minimum absolute atomic E-state index is 0.192. The summed E-state index contributed by atoms with van der Waals surface area (Å²) in [6.45, 7) is 4.44. The van der Waals surface area contributed by atoms with Gasteiger partial charge in [-0.25, -0.2) is 0 Å². The minimum atomic E-state index is 0.192. The van der Waals surface area contributed by atoms with E-state index in [1.54, 1.807) is 0 Å². The number of nitrogens with one attached hydrogen (secondary N) is 1. The molecule has 1 N–H and O–H groups in total. The van der Waals surface area contributed by atoms with Crippen LogP contribution in [0.3, 0.4) is 0 Å². The van der Waals surface area contributed by atoms with Gasteiger partial charge in [0.15, 0.2) is 0 Å². The number of morpholine rings is 1. The van der Waals surface area contributed by atoms with Crippen molar-refractivity contribution in [2.24, 2.45) is 5.92 Å². The Morgan fingerprint density at radius 1 is 1.19 bits per heavy atom. The summed E-state index contributed by atoms with van der Waals surface area (Å²) in [5.41, 5.74) is 2.56. The number of anilines is 1. The van der Waals surface area contributed by atoms with Crippen LogP contribution in [0.25, 0.3) is 0 Å². The lowest BCUT2D eigenvalue weighted by Gasteiger charge is -2.29. The van der Waals surface area contributed by atoms with E-state index in [0.29, 0.717) is 6.04 Å². The quantitative estimate of drug-likeness (QED) is 0.922. The van der Waals surface area contributed by atoms with Crippen LogP contribution >= 0.6 is 0 Å². The van der Waals surface area contributed by atoms with Gasteiger partial charge >= 0.3 is 0 Å². The molecule has 112 valence electrons. The zero-order chi connectivity index (χ0) is 14.5. The molecular weight excluding hydrogens is 262 g/mol. The molecule has 3 rings (SSSR count). The van der Waals surface area contributed by atoms with Gasteiger partial charge in [0, 0.05) is 31.4 Å². The molecule has 1 saturated carbocycles. The SMILES string of the molecule is N#CC1CCCC1NCc1ccc(N2CCOCC2)cc1. The molecule has 2 fully saturated rings. The number of hydrogen-bond donors (Lipinski definition) is 1. The maximum Gasteiger partial charge on any atom is 0.0672 e. The van der Waals surface area contributed by atoms with Crippen LogP contribution in [-0.2, 0) is 11.3 Å². The first-order chi connectivity index (χ1) is 10.4. The topological polar surface area (TPSA) is 48.3 Å². The maximum atomic E-state index is 9.11. The standard InChI is InChI=1S/C17H23N3O/c18-12-15-2-1-3-17(15)19-13-14-4-6-16(7-5-14)20-8-10-21-11-9-20/h4-7,15,17,19H,1-3,8-11,13H2. The molecular formula is C17H23N3O. The summed E-state index contributed by atoms with van der Waals surface area (Å²) in [7, 11) is 0. The van der Waals surface area contributed by atoms with Gasteiger partial charge < -0.3 is 15.0 Å². The Labute approximate surface area is 126 Å². The summed E-state index contributed by atoms with van der Waals surface area (Å²) in [5.74, 6) is 0.192. The summed E-state index contributed by atoms with van der Waals surface area (Å²) in [6.07, 6.45) is 3.35. The zero-order valence-corrected chi connectivity index (χ0v) is 12.4. The van der Waals surface area contributed by atoms with E-state index in [0.717, 1.165) is 45.7 Å². The predicted molar refractivity (Wildman–Crippen MR) is 83.1 cm³/mol. The fourth-order valence-electron chi connectivity index (χ4n) is 3.25. The molecule has 1 aromatic carbocycles. The summed E-state index contributed by atoms with van der Waals surface area (Å²) in [6, 6.07) is 11.6. The highest BCUT2D eigenvalue weighted by Gasteiger charge is 2.26. The Balaban J connectivity index is 1.53. The van der Waals surface area contributed by atoms with E-state index in [1.165, 1.54) is 17.7 Å². The van der Waals surface area contributed by atoms with Crippen LogP contribution in [0, 0.1) is 17.2 Å². The first-order valence-corrected chi connectivity index (χ1v) is 7.91. The summed E-state index contributed by atoms with van der Waals surface area (Å²) >= 11 is 0. The molecule has 1 aliphatic heterocycles. The molecule has 1 heterocycles. The average Bonchev–Trinajstić information content (AvgIpc) is 3.02. The fourth-order valence-corrected chi connectivity index (χ4v) is 3.25. The van der Waals surface area contributed by atoms with E-state index < -0.39 is 0 Å². The van der Waals surface area contributed by atoms with Crippen LogP contribution in [0.2, 0.25) is 0 Å². The van der Waals surface area contributed by atoms with Gasteiger partial charge in [0.05, 0.1) is 25.2 Å². The molecule has 21 heavy (non-hydrogen) atoms. The maximum absolute atomic E-state index is 9.11. The molecule has 1 aromatic rings. The van der Waals surface area contributed by atoms with Gasteiger partial charge in [0.1, 0.15) is 0 Å². The zero-order valence-electron chi connectivity index (χ0n) is 12.4. The predicted octanol–water partition coefficient (Wildman–Crippen LogP) is 2.31. The monoisotopic (exact) mass is 285 g/mol. The number of rotatable bonds is 4. The lowest BCUT2D eigenvalue weighted by Crippen LogP contribution is -2.36. The van der Waals surface area contributed by atoms with Crippen LogP contribution < -0.4 is 10.2 Å². The van der Waals surface area contributed by atoms with Crippen molar-refractivity contribution in [3.05, 3.63) is 29.8 Å². The lowest BCUT2D eigenvalue weighted by molar-refractivity contribution is 0.122. The van der Waals surface area contributed by atoms with Crippen LogP contribution in [0.4, 0.5) is 5.69 Å². The van der Waals surface area contributed by atoms with E-state index >= 15 is 0 Å². The number of nitrogens with zero attached hydrogens (tertiary/aromatic N) is 2. The molecule has 1 saturated heterocycles. The van der Waals surface area contributed by atoms with Gasteiger partial charge in [-0.3, -0.25) is 0 Å². The van der Waals surface area contributed by atoms with Gasteiger partial charge in [-0.2, -0.15) is 5.26 Å². The summed E-state index contributed by atoms with van der Waals surface area (Å²) < 4.78 is 5.38. The first kappa shape index (κ1) is 14.4. The molecule has 0 amide bonds. The third kappa shape index (κ3) is 3.55. The Morgan fingerprint density at radius 2 is 1.95 bits per heavy atom. The number of ether oxygens (including phenoxy) is 1. The third-order valence-corrected chi connectivity index (χ3v) is 4.56. The minimum Gasteiger partial charge on any atom is -0.378 e. The van der Waals surface area contributed by atoms with Crippen LogP contribution in [-0.4, -0.2) is 32.3 Å². The molecule has 4 nitrogen and oxygen atoms in total. The Hall–Kier alpha value is -1.57. The first-order valence-electron chi connectivity index (χ1n) is 7.91. The third-order valence-electron chi connectivity index (χ3n) is 4.56. The molecule has 0 spiro atoms. The van der Waals surface area contributed by atoms with E-state index in [1.807, 2.05) is 0 Å². The summed E-state index contributed by atoms with van der Waals surface area (Å²) in [5, 5.41) is 12.7. The van der Waals surface area contributed by atoms with Gasteiger partial charge in [0.25, 0.3) is 0 Å². The van der Waals surface area contributed by atoms with Crippen molar-refractivity contribution in [1.29, 1.82) is 5.26 Å². The molecule has 4 heteroatoms. The van der Waals surface area contributed by atoms with Crippen molar-refractivity contribution in [3.8, 4) is 6.07 Å². The molecule has 2 unspecified atom stereocenters. The van der Waals surface area contributed by atoms with Crippen LogP contribution in [0.5, 0.6) is 0 Å². The normalized spacial score (nSPS) is 25.8. The van der Waals surface area contributed by atoms with Gasteiger partial charge in [-0.05, 0) is 30.5 Å². The second-order valence-corrected chi connectivity index (χ2v) is 5.92. The van der Waals surface area contributed by atoms with E-state index in [4.69, 9.17) is 10.00 Å². The smallest absolute Gasteiger partial charge is 0.0672 e. The van der Waals surface area contributed by atoms with Gasteiger partial charge in [0.2, 0.25) is 0 Å². The average molecular weight is 285 g/mol. The van der Waals surface area contributed by atoms with Crippen LogP contribution in [0.1, 0.15) is 24.8 Å². The lowest BCUT2D eigenvalue weighted by atomic mass is 10.1. The van der Waals surface area contributed by atoms with Crippen molar-refractivity contribution in [2.45, 2.75) is 31.8 Å². The molecule has 0 aromatic heterocycles. The number of benzene rings is 1. The summed E-state index contributed by atoms with van der Waals surface area (Å²) in [4.78, 5) is 2.36. The Kier molecular flexibility index (Phi) is 4.74. The van der Waals surface area contributed by atoms with E-state index in [-0.39, 0.29) is 5.92 Å². The molecule has 2 aliphatic rings. The van der Waals surface area contributed by atoms with Crippen molar-refractivity contribution >= 4 is 5.69 Å². The van der Waals surface area contributed by atoms with Crippen molar-refractivity contribution in [2.75, 3.05) is 31.2 Å². The van der Waals surface area contributed by atoms with E-state index in [9.17, 15) is 0 Å². The molecule has 0 radical (unpaired) electrons. The number of hydrogen-bond acceptors (Lipinski definition) is 4. The largest absolute Gasteiger partial charge is 0.378 e. The Bertz CT molecular complexity index is 488. The molecule has 1 aliphatic carbocycles. The second-order valence-electron chi connectivity index (χ2n) is 5.92. The van der Waals surface area contributed by atoms with Crippen LogP contribution in [0.15, 0.2) is 24.3 Å². The van der Waals surface area contributed by atoms with Gasteiger partial charge in [-0.1, -0.05) is 18.6 Å². The second kappa shape index (κ2) is 6.93. The van der Waals surface area contributed by atoms with Crippen molar-refractivity contribution in [1.82, 2.24) is 5.32 Å². The van der Waals surface area contributed by atoms with Gasteiger partial charge in [-0.15, -0.1) is 0 Å². The Morgan fingerprint density at radius 3 is 2.67 bits per heavy atom. The van der Waals surface area contributed by atoms with E-state index in [2.05, 4.69) is 40.6 Å². The fraction of sp³-hybridized carbons (Fsp3) is 0.588. The molecule has 0 bridgehead atoms. The van der Waals surface area contributed by atoms with Crippen molar-refractivity contribution in [3.63, 3.8) is 0 Å². The molecule has 2 atom stereocenters. The van der Waals surface area contributed by atoms with Crippen molar-refractivity contribution < 1.29 is 4.74 Å².